The average Bonchev–Trinajstić information content (AvgIpc) is 2.66. The van der Waals surface area contributed by atoms with Crippen molar-refractivity contribution in [3.63, 3.8) is 0 Å². The Morgan fingerprint density at radius 3 is 0.808 bits per heavy atom. The lowest BCUT2D eigenvalue weighted by Gasteiger charge is -2.06. The van der Waals surface area contributed by atoms with Gasteiger partial charge in [0.2, 0.25) is 0 Å². The first-order valence-corrected chi connectivity index (χ1v) is 12.3. The fourth-order valence-corrected chi connectivity index (χ4v) is 3.52. The molecule has 0 aromatic heterocycles. The van der Waals surface area contributed by atoms with E-state index in [-0.39, 0.29) is 0 Å². The zero-order valence-electron chi connectivity index (χ0n) is 18.6. The van der Waals surface area contributed by atoms with Crippen LogP contribution < -0.4 is 10.6 Å². The van der Waals surface area contributed by atoms with Gasteiger partial charge in [-0.3, -0.25) is 0 Å². The Hall–Kier alpha value is -0.0800. The van der Waals surface area contributed by atoms with Gasteiger partial charge in [0.1, 0.15) is 0 Å². The number of unbranched alkanes of at least 4 members (excludes halogenated alkanes) is 15. The van der Waals surface area contributed by atoms with Crippen molar-refractivity contribution in [2.45, 2.75) is 129 Å². The Labute approximate surface area is 166 Å². The normalized spacial score (nSPS) is 11.3. The molecule has 0 amide bonds. The molecule has 2 nitrogen and oxygen atoms in total. The highest BCUT2D eigenvalue weighted by molar-refractivity contribution is 4.53. The standard InChI is InChI=1S/C24H52N2/c1-3-5-7-17-21-25-23-19-15-13-11-9-10-12-14-16-20-24-26-22-18-8-6-4-2/h25-26H,3-24H2,1-2H3. The van der Waals surface area contributed by atoms with Crippen LogP contribution in [0.15, 0.2) is 0 Å². The van der Waals surface area contributed by atoms with Crippen LogP contribution in [0.25, 0.3) is 0 Å². The van der Waals surface area contributed by atoms with Crippen molar-refractivity contribution in [1.29, 1.82) is 0 Å². The first-order valence-electron chi connectivity index (χ1n) is 12.3. The van der Waals surface area contributed by atoms with Crippen LogP contribution in [0.5, 0.6) is 0 Å². The highest BCUT2D eigenvalue weighted by Gasteiger charge is 1.94. The third-order valence-electron chi connectivity index (χ3n) is 5.37. The van der Waals surface area contributed by atoms with Crippen LogP contribution in [0.3, 0.4) is 0 Å². The second-order valence-corrected chi connectivity index (χ2v) is 8.16. The van der Waals surface area contributed by atoms with Gasteiger partial charge in [-0.15, -0.1) is 0 Å². The molecule has 0 unspecified atom stereocenters. The summed E-state index contributed by atoms with van der Waals surface area (Å²) in [5, 5.41) is 7.18. The molecular weight excluding hydrogens is 316 g/mol. The van der Waals surface area contributed by atoms with Crippen LogP contribution in [0.1, 0.15) is 129 Å². The molecule has 0 aliphatic rings. The van der Waals surface area contributed by atoms with E-state index in [1.165, 1.54) is 142 Å². The minimum absolute atomic E-state index is 1.23. The van der Waals surface area contributed by atoms with Crippen LogP contribution in [-0.2, 0) is 0 Å². The Balaban J connectivity index is 2.95. The van der Waals surface area contributed by atoms with E-state index >= 15 is 0 Å². The van der Waals surface area contributed by atoms with Crippen LogP contribution in [0.4, 0.5) is 0 Å². The summed E-state index contributed by atoms with van der Waals surface area (Å²) >= 11 is 0. The Bertz CT molecular complexity index is 206. The van der Waals surface area contributed by atoms with Crippen molar-refractivity contribution >= 4 is 0 Å². The van der Waals surface area contributed by atoms with Crippen molar-refractivity contribution in [1.82, 2.24) is 10.6 Å². The third kappa shape index (κ3) is 23.9. The number of hydrogen-bond acceptors (Lipinski definition) is 2. The molecule has 0 aliphatic carbocycles. The summed E-state index contributed by atoms with van der Waals surface area (Å²) in [5.74, 6) is 0. The molecule has 2 heteroatoms. The van der Waals surface area contributed by atoms with Gasteiger partial charge in [-0.05, 0) is 51.9 Å². The minimum Gasteiger partial charge on any atom is -0.317 e. The summed E-state index contributed by atoms with van der Waals surface area (Å²) in [5.41, 5.74) is 0. The zero-order valence-corrected chi connectivity index (χ0v) is 18.6. The van der Waals surface area contributed by atoms with Gasteiger partial charge < -0.3 is 10.6 Å². The molecule has 0 fully saturated rings. The summed E-state index contributed by atoms with van der Waals surface area (Å²) in [6.07, 6.45) is 25.3. The van der Waals surface area contributed by atoms with Crippen LogP contribution in [0.2, 0.25) is 0 Å². The molecule has 0 aromatic rings. The van der Waals surface area contributed by atoms with Crippen molar-refractivity contribution < 1.29 is 0 Å². The van der Waals surface area contributed by atoms with Gasteiger partial charge in [-0.25, -0.2) is 0 Å². The second kappa shape index (κ2) is 24.9. The summed E-state index contributed by atoms with van der Waals surface area (Å²) < 4.78 is 0. The van der Waals surface area contributed by atoms with E-state index in [9.17, 15) is 0 Å². The van der Waals surface area contributed by atoms with E-state index in [1.807, 2.05) is 0 Å². The fraction of sp³-hybridized carbons (Fsp3) is 1.00. The molecule has 0 saturated carbocycles. The highest BCUT2D eigenvalue weighted by atomic mass is 14.8. The van der Waals surface area contributed by atoms with E-state index in [0.29, 0.717) is 0 Å². The molecule has 26 heavy (non-hydrogen) atoms. The van der Waals surface area contributed by atoms with Crippen LogP contribution >= 0.6 is 0 Å². The van der Waals surface area contributed by atoms with Crippen LogP contribution in [-0.4, -0.2) is 26.2 Å². The van der Waals surface area contributed by atoms with Gasteiger partial charge in [0.25, 0.3) is 0 Å². The molecular formula is C24H52N2. The maximum atomic E-state index is 3.59. The topological polar surface area (TPSA) is 24.1 Å². The lowest BCUT2D eigenvalue weighted by Crippen LogP contribution is -2.16. The summed E-state index contributed by atoms with van der Waals surface area (Å²) in [7, 11) is 0. The van der Waals surface area contributed by atoms with Crippen molar-refractivity contribution in [3.05, 3.63) is 0 Å². The predicted molar refractivity (Wildman–Crippen MR) is 120 cm³/mol. The van der Waals surface area contributed by atoms with E-state index in [2.05, 4.69) is 24.5 Å². The first kappa shape index (κ1) is 25.9. The average molecular weight is 369 g/mol. The predicted octanol–water partition coefficient (Wildman–Crippen LogP) is 7.23. The van der Waals surface area contributed by atoms with E-state index < -0.39 is 0 Å². The molecule has 0 bridgehead atoms. The van der Waals surface area contributed by atoms with Gasteiger partial charge >= 0.3 is 0 Å². The zero-order chi connectivity index (χ0) is 19.0. The highest BCUT2D eigenvalue weighted by Crippen LogP contribution is 2.10. The maximum absolute atomic E-state index is 3.59. The largest absolute Gasteiger partial charge is 0.317 e. The Morgan fingerprint density at radius 2 is 0.538 bits per heavy atom. The number of hydrogen-bond donors (Lipinski definition) is 2. The third-order valence-corrected chi connectivity index (χ3v) is 5.37. The van der Waals surface area contributed by atoms with Gasteiger partial charge in [0, 0.05) is 0 Å². The molecule has 0 radical (unpaired) electrons. The van der Waals surface area contributed by atoms with Crippen molar-refractivity contribution in [2.24, 2.45) is 0 Å². The molecule has 0 aliphatic heterocycles. The van der Waals surface area contributed by atoms with Gasteiger partial charge in [0.15, 0.2) is 0 Å². The summed E-state index contributed by atoms with van der Waals surface area (Å²) in [6.45, 7) is 9.49. The monoisotopic (exact) mass is 368 g/mol. The fourth-order valence-electron chi connectivity index (χ4n) is 3.52. The van der Waals surface area contributed by atoms with Gasteiger partial charge in [0.05, 0.1) is 0 Å². The Morgan fingerprint density at radius 1 is 0.308 bits per heavy atom. The molecule has 0 spiro atoms. The summed E-state index contributed by atoms with van der Waals surface area (Å²) in [4.78, 5) is 0. The maximum Gasteiger partial charge on any atom is -0.00489 e. The molecule has 0 heterocycles. The van der Waals surface area contributed by atoms with Gasteiger partial charge in [-0.2, -0.15) is 0 Å². The van der Waals surface area contributed by atoms with Crippen molar-refractivity contribution in [3.8, 4) is 0 Å². The lowest BCUT2D eigenvalue weighted by molar-refractivity contribution is 0.525. The summed E-state index contributed by atoms with van der Waals surface area (Å²) in [6, 6.07) is 0. The molecule has 0 rings (SSSR count). The number of rotatable bonds is 23. The number of nitrogens with one attached hydrogen (secondary N) is 2. The van der Waals surface area contributed by atoms with Crippen LogP contribution in [0, 0.1) is 0 Å². The lowest BCUT2D eigenvalue weighted by atomic mass is 10.1. The first-order chi connectivity index (χ1) is 12.9. The van der Waals surface area contributed by atoms with Gasteiger partial charge in [-0.1, -0.05) is 104 Å². The molecule has 0 atom stereocenters. The van der Waals surface area contributed by atoms with E-state index in [0.717, 1.165) is 0 Å². The van der Waals surface area contributed by atoms with E-state index in [4.69, 9.17) is 0 Å². The SMILES string of the molecule is CCCCCCNCCCCCCCCCCCCNCCCCCC. The minimum atomic E-state index is 1.23. The second-order valence-electron chi connectivity index (χ2n) is 8.16. The molecule has 0 saturated heterocycles. The molecule has 2 N–H and O–H groups in total. The smallest absolute Gasteiger partial charge is 0.00489 e. The van der Waals surface area contributed by atoms with E-state index in [1.54, 1.807) is 0 Å². The Kier molecular flexibility index (Phi) is 24.8. The molecule has 0 aromatic carbocycles. The van der Waals surface area contributed by atoms with Crippen molar-refractivity contribution in [2.75, 3.05) is 26.2 Å². The quantitative estimate of drug-likeness (QED) is 0.186. The molecule has 158 valence electrons.